The summed E-state index contributed by atoms with van der Waals surface area (Å²) in [6.07, 6.45) is 30.1. The zero-order chi connectivity index (χ0) is 47.3. The monoisotopic (exact) mass is 936 g/mol. The highest BCUT2D eigenvalue weighted by atomic mass is 31.2. The third-order valence-corrected chi connectivity index (χ3v) is 13.9. The van der Waals surface area contributed by atoms with E-state index in [0.717, 1.165) is 44.9 Å². The number of phosphoric ester groups is 1. The van der Waals surface area contributed by atoms with Crippen LogP contribution < -0.4 is 5.32 Å². The molecule has 0 radical (unpaired) electrons. The van der Waals surface area contributed by atoms with Crippen molar-refractivity contribution >= 4 is 13.7 Å². The Hall–Kier alpha value is -0.960. The van der Waals surface area contributed by atoms with Crippen molar-refractivity contribution in [2.45, 2.75) is 293 Å². The molecule has 14 heteroatoms. The fourth-order valence-corrected chi connectivity index (χ4v) is 9.56. The quantitative estimate of drug-likeness (QED) is 0.0158. The van der Waals surface area contributed by atoms with Gasteiger partial charge in [0, 0.05) is 0 Å². The number of hydrogen-bond donors (Lipinski definition) is 9. The first-order chi connectivity index (χ1) is 30.8. The van der Waals surface area contributed by atoms with Gasteiger partial charge in [-0.1, -0.05) is 225 Å². The summed E-state index contributed by atoms with van der Waals surface area (Å²) in [5, 5.41) is 74.6. The molecule has 0 aromatic carbocycles. The Labute approximate surface area is 389 Å². The van der Waals surface area contributed by atoms with Gasteiger partial charge in [0.15, 0.2) is 0 Å². The number of hydrogen-bond acceptors (Lipinski definition) is 11. The van der Waals surface area contributed by atoms with E-state index in [2.05, 4.69) is 19.2 Å². The fourth-order valence-electron chi connectivity index (χ4n) is 8.60. The van der Waals surface area contributed by atoms with Crippen molar-refractivity contribution in [2.75, 3.05) is 6.61 Å². The number of amides is 1. The van der Waals surface area contributed by atoms with Crippen molar-refractivity contribution < 1.29 is 59.0 Å². The smallest absolute Gasteiger partial charge is 0.393 e. The number of aliphatic hydroxyl groups is 7. The third kappa shape index (κ3) is 31.2. The molecule has 380 valence electrons. The zero-order valence-corrected chi connectivity index (χ0v) is 41.4. The van der Waals surface area contributed by atoms with Crippen LogP contribution in [0.4, 0.5) is 0 Å². The second-order valence-electron chi connectivity index (χ2n) is 18.9. The Bertz CT molecular complexity index is 1150. The molecule has 9 N–H and O–H groups in total. The molecular weight excluding hydrogens is 838 g/mol. The maximum atomic E-state index is 13.0. The number of aliphatic hydroxyl groups excluding tert-OH is 7. The van der Waals surface area contributed by atoms with Crippen LogP contribution in [0.1, 0.15) is 239 Å². The van der Waals surface area contributed by atoms with Crippen LogP contribution in [0.3, 0.4) is 0 Å². The molecule has 0 aromatic rings. The predicted molar refractivity (Wildman–Crippen MR) is 257 cm³/mol. The van der Waals surface area contributed by atoms with Gasteiger partial charge >= 0.3 is 7.82 Å². The molecule has 1 fully saturated rings. The Balaban J connectivity index is 2.47. The lowest BCUT2D eigenvalue weighted by Crippen LogP contribution is -2.64. The number of rotatable bonds is 44. The van der Waals surface area contributed by atoms with E-state index < -0.39 is 75.2 Å². The third-order valence-electron chi connectivity index (χ3n) is 12.9. The van der Waals surface area contributed by atoms with Crippen molar-refractivity contribution in [1.82, 2.24) is 5.32 Å². The predicted octanol–water partition coefficient (Wildman–Crippen LogP) is 9.76. The molecule has 8 atom stereocenters. The van der Waals surface area contributed by atoms with Gasteiger partial charge in [-0.05, 0) is 19.3 Å². The molecule has 13 nitrogen and oxygen atoms in total. The lowest BCUT2D eigenvalue weighted by Gasteiger charge is -2.41. The van der Waals surface area contributed by atoms with Crippen LogP contribution in [0.15, 0.2) is 12.2 Å². The minimum atomic E-state index is -5.14. The van der Waals surface area contributed by atoms with E-state index in [1.54, 1.807) is 6.08 Å². The number of allylic oxidation sites excluding steroid dienone is 1. The van der Waals surface area contributed by atoms with Crippen LogP contribution in [0.5, 0.6) is 0 Å². The summed E-state index contributed by atoms with van der Waals surface area (Å²) in [6.45, 7) is 3.77. The molecule has 64 heavy (non-hydrogen) atoms. The summed E-state index contributed by atoms with van der Waals surface area (Å²) in [4.78, 5) is 23.5. The van der Waals surface area contributed by atoms with Gasteiger partial charge in [0.25, 0.3) is 0 Å². The van der Waals surface area contributed by atoms with Gasteiger partial charge in [0.2, 0.25) is 5.91 Å². The Kier molecular flexibility index (Phi) is 38.1. The van der Waals surface area contributed by atoms with Gasteiger partial charge in [-0.2, -0.15) is 0 Å². The SMILES string of the molecule is CCCCCCCCCCCCCCCCCCCCC/C=C/C(O)C(COP(=O)(O)OC1C(O)C(O)C(O)C(O)C1O)NC(=O)CC(O)CCCCCCCCCCCCCCC. The number of carbonyl (C=O) groups is 1. The normalized spacial score (nSPS) is 22.7. The van der Waals surface area contributed by atoms with Crippen LogP contribution in [0, 0.1) is 0 Å². The van der Waals surface area contributed by atoms with Crippen molar-refractivity contribution in [3.8, 4) is 0 Å². The van der Waals surface area contributed by atoms with E-state index in [0.29, 0.717) is 12.8 Å². The molecule has 0 bridgehead atoms. The van der Waals surface area contributed by atoms with Gasteiger partial charge in [0.05, 0.1) is 31.3 Å². The molecule has 0 heterocycles. The van der Waals surface area contributed by atoms with Gasteiger partial charge in [-0.25, -0.2) is 4.57 Å². The van der Waals surface area contributed by atoms with Crippen molar-refractivity contribution in [2.24, 2.45) is 0 Å². The second kappa shape index (κ2) is 40.0. The Morgan fingerprint density at radius 2 is 0.891 bits per heavy atom. The number of phosphoric acid groups is 1. The first kappa shape index (κ1) is 61.1. The maximum absolute atomic E-state index is 13.0. The number of carbonyl (C=O) groups excluding carboxylic acids is 1. The van der Waals surface area contributed by atoms with Crippen LogP contribution in [-0.4, -0.2) is 108 Å². The summed E-state index contributed by atoms with van der Waals surface area (Å²) >= 11 is 0. The van der Waals surface area contributed by atoms with Crippen LogP contribution >= 0.6 is 7.82 Å². The average Bonchev–Trinajstić information content (AvgIpc) is 3.27. The van der Waals surface area contributed by atoms with E-state index in [4.69, 9.17) is 9.05 Å². The van der Waals surface area contributed by atoms with Crippen LogP contribution in [-0.2, 0) is 18.4 Å². The highest BCUT2D eigenvalue weighted by molar-refractivity contribution is 7.47. The lowest BCUT2D eigenvalue weighted by molar-refractivity contribution is -0.220. The summed E-state index contributed by atoms with van der Waals surface area (Å²) in [5.74, 6) is -0.589. The summed E-state index contributed by atoms with van der Waals surface area (Å²) in [6, 6.07) is -1.24. The standard InChI is InChI=1S/C50H98NO12P/c1-3-5-7-9-11-13-15-17-18-19-20-21-22-23-24-26-28-30-32-34-36-38-43(53)42(40-62-64(60,61)63-50-48(58)46(56)45(55)47(57)49(50)59)51-44(54)39-41(52)37-35-33-31-29-27-25-16-14-12-10-8-6-4-2/h36,38,41-43,45-50,52-53,55-59H,3-35,37,39-40H2,1-2H3,(H,51,54)(H,60,61)/b38-36+. The van der Waals surface area contributed by atoms with Crippen LogP contribution in [0.2, 0.25) is 0 Å². The van der Waals surface area contributed by atoms with Crippen molar-refractivity contribution in [3.63, 3.8) is 0 Å². The molecule has 0 saturated heterocycles. The molecule has 8 unspecified atom stereocenters. The summed E-state index contributed by atoms with van der Waals surface area (Å²) < 4.78 is 22.9. The van der Waals surface area contributed by atoms with E-state index in [9.17, 15) is 50.0 Å². The molecule has 1 aliphatic carbocycles. The maximum Gasteiger partial charge on any atom is 0.472 e. The van der Waals surface area contributed by atoms with Crippen molar-refractivity contribution in [1.29, 1.82) is 0 Å². The van der Waals surface area contributed by atoms with Gasteiger partial charge in [0.1, 0.15) is 36.6 Å². The molecule has 1 rings (SSSR count). The molecule has 1 aliphatic rings. The Morgan fingerprint density at radius 3 is 1.28 bits per heavy atom. The highest BCUT2D eigenvalue weighted by Gasteiger charge is 2.51. The minimum Gasteiger partial charge on any atom is -0.393 e. The average molecular weight is 936 g/mol. The van der Waals surface area contributed by atoms with E-state index in [1.807, 2.05) is 0 Å². The lowest BCUT2D eigenvalue weighted by atomic mass is 9.85. The van der Waals surface area contributed by atoms with Crippen molar-refractivity contribution in [3.05, 3.63) is 12.2 Å². The number of unbranched alkanes of at least 4 members (excludes halogenated alkanes) is 31. The number of nitrogens with one attached hydrogen (secondary N) is 1. The summed E-state index contributed by atoms with van der Waals surface area (Å²) in [7, 11) is -5.14. The first-order valence-electron chi connectivity index (χ1n) is 26.2. The second-order valence-corrected chi connectivity index (χ2v) is 20.3. The van der Waals surface area contributed by atoms with Crippen LogP contribution in [0.25, 0.3) is 0 Å². The molecular formula is C50H98NO12P. The summed E-state index contributed by atoms with van der Waals surface area (Å²) in [5.41, 5.74) is 0. The molecule has 1 saturated carbocycles. The molecule has 0 spiro atoms. The molecule has 0 aliphatic heterocycles. The first-order valence-corrected chi connectivity index (χ1v) is 27.7. The largest absolute Gasteiger partial charge is 0.472 e. The van der Waals surface area contributed by atoms with E-state index in [-0.39, 0.29) is 6.42 Å². The van der Waals surface area contributed by atoms with Gasteiger partial charge in [-0.3, -0.25) is 13.8 Å². The Morgan fingerprint density at radius 1 is 0.547 bits per heavy atom. The zero-order valence-electron chi connectivity index (χ0n) is 40.5. The molecule has 0 aromatic heterocycles. The fraction of sp³-hybridized carbons (Fsp3) is 0.940. The minimum absolute atomic E-state index is 0.240. The van der Waals surface area contributed by atoms with Gasteiger partial charge < -0.3 is 46.0 Å². The van der Waals surface area contributed by atoms with E-state index in [1.165, 1.54) is 167 Å². The van der Waals surface area contributed by atoms with Gasteiger partial charge in [-0.15, -0.1) is 0 Å². The highest BCUT2D eigenvalue weighted by Crippen LogP contribution is 2.47. The molecule has 1 amide bonds. The topological polar surface area (TPSA) is 226 Å². The van der Waals surface area contributed by atoms with E-state index >= 15 is 0 Å².